The van der Waals surface area contributed by atoms with E-state index in [0.717, 1.165) is 19.5 Å². The quantitative estimate of drug-likeness (QED) is 0.728. The van der Waals surface area contributed by atoms with Crippen molar-refractivity contribution in [1.82, 2.24) is 9.80 Å². The first kappa shape index (κ1) is 15.9. The molecule has 1 aliphatic heterocycles. The van der Waals surface area contributed by atoms with Crippen LogP contribution in [0.15, 0.2) is 0 Å². The minimum atomic E-state index is -0.933. The van der Waals surface area contributed by atoms with Crippen molar-refractivity contribution in [3.05, 3.63) is 0 Å². The summed E-state index contributed by atoms with van der Waals surface area (Å²) < 4.78 is 0. The normalized spacial score (nSPS) is 20.7. The molecule has 1 fully saturated rings. The Bertz CT molecular complexity index is 322. The summed E-state index contributed by atoms with van der Waals surface area (Å²) in [4.78, 5) is 27.1. The lowest BCUT2D eigenvalue weighted by molar-refractivity contribution is -0.149. The largest absolute Gasteiger partial charge is 0.481 e. The van der Waals surface area contributed by atoms with Gasteiger partial charge in [-0.3, -0.25) is 14.5 Å². The number of carbonyl (C=O) groups is 2. The molecule has 6 heteroatoms. The molecule has 110 valence electrons. The van der Waals surface area contributed by atoms with E-state index in [-0.39, 0.29) is 12.5 Å². The number of nitrogens with zero attached hydrogens (tertiary/aromatic N) is 2. The molecule has 0 aromatic carbocycles. The first-order valence-corrected chi connectivity index (χ1v) is 6.82. The highest BCUT2D eigenvalue weighted by Crippen LogP contribution is 2.16. The van der Waals surface area contributed by atoms with Gasteiger partial charge in [0.1, 0.15) is 0 Å². The molecule has 1 saturated heterocycles. The molecule has 1 rings (SSSR count). The van der Waals surface area contributed by atoms with Crippen LogP contribution >= 0.6 is 0 Å². The van der Waals surface area contributed by atoms with Gasteiger partial charge in [-0.2, -0.15) is 0 Å². The van der Waals surface area contributed by atoms with E-state index in [1.54, 1.807) is 18.7 Å². The molecule has 6 nitrogen and oxygen atoms in total. The highest BCUT2D eigenvalue weighted by molar-refractivity contribution is 5.84. The Balaban J connectivity index is 2.55. The van der Waals surface area contributed by atoms with Gasteiger partial charge in [-0.25, -0.2) is 0 Å². The molecule has 19 heavy (non-hydrogen) atoms. The van der Waals surface area contributed by atoms with Crippen molar-refractivity contribution in [1.29, 1.82) is 0 Å². The third-order valence-corrected chi connectivity index (χ3v) is 3.85. The van der Waals surface area contributed by atoms with E-state index in [0.29, 0.717) is 19.6 Å². The first-order valence-electron chi connectivity index (χ1n) is 6.82. The van der Waals surface area contributed by atoms with Crippen LogP contribution in [0.25, 0.3) is 0 Å². The maximum Gasteiger partial charge on any atom is 0.307 e. The topological polar surface area (TPSA) is 81.1 Å². The van der Waals surface area contributed by atoms with Gasteiger partial charge in [0, 0.05) is 32.1 Å². The van der Waals surface area contributed by atoms with E-state index >= 15 is 0 Å². The fourth-order valence-electron chi connectivity index (χ4n) is 2.27. The van der Waals surface area contributed by atoms with Crippen LogP contribution in [0.3, 0.4) is 0 Å². The van der Waals surface area contributed by atoms with Gasteiger partial charge in [0.15, 0.2) is 0 Å². The van der Waals surface area contributed by atoms with Crippen molar-refractivity contribution in [2.24, 2.45) is 11.8 Å². The van der Waals surface area contributed by atoms with Crippen molar-refractivity contribution in [3.8, 4) is 0 Å². The molecule has 1 amide bonds. The van der Waals surface area contributed by atoms with Crippen molar-refractivity contribution in [2.75, 3.05) is 39.3 Å². The fourth-order valence-corrected chi connectivity index (χ4v) is 2.27. The molecule has 0 aromatic rings. The van der Waals surface area contributed by atoms with E-state index in [2.05, 4.69) is 4.90 Å². The zero-order chi connectivity index (χ0) is 14.4. The Labute approximate surface area is 114 Å². The van der Waals surface area contributed by atoms with Gasteiger partial charge in [-0.1, -0.05) is 13.8 Å². The summed E-state index contributed by atoms with van der Waals surface area (Å²) in [5.41, 5.74) is 0. The molecular weight excluding hydrogens is 248 g/mol. The van der Waals surface area contributed by atoms with Crippen LogP contribution in [-0.4, -0.2) is 71.2 Å². The lowest BCUT2D eigenvalue weighted by Crippen LogP contribution is -2.41. The van der Waals surface area contributed by atoms with Crippen molar-refractivity contribution in [2.45, 2.75) is 20.3 Å². The molecule has 0 radical (unpaired) electrons. The van der Waals surface area contributed by atoms with Gasteiger partial charge >= 0.3 is 5.97 Å². The summed E-state index contributed by atoms with van der Waals surface area (Å²) in [6, 6.07) is 0. The zero-order valence-corrected chi connectivity index (χ0v) is 11.7. The van der Waals surface area contributed by atoms with Crippen LogP contribution in [-0.2, 0) is 9.59 Å². The van der Waals surface area contributed by atoms with Gasteiger partial charge in [0.25, 0.3) is 0 Å². The number of carboxylic acid groups (broad SMARTS) is 1. The predicted molar refractivity (Wildman–Crippen MR) is 70.7 cm³/mol. The van der Waals surface area contributed by atoms with E-state index in [1.165, 1.54) is 0 Å². The van der Waals surface area contributed by atoms with Gasteiger partial charge in [-0.05, 0) is 13.0 Å². The predicted octanol–water partition coefficient (Wildman–Crippen LogP) is -0.130. The summed E-state index contributed by atoms with van der Waals surface area (Å²) >= 11 is 0. The summed E-state index contributed by atoms with van der Waals surface area (Å²) in [6.07, 6.45) is 0.861. The van der Waals surface area contributed by atoms with Crippen molar-refractivity contribution in [3.63, 3.8) is 0 Å². The summed E-state index contributed by atoms with van der Waals surface area (Å²) in [6.45, 7) is 6.88. The van der Waals surface area contributed by atoms with Crippen molar-refractivity contribution < 1.29 is 19.8 Å². The summed E-state index contributed by atoms with van der Waals surface area (Å²) in [7, 11) is 0. The number of rotatable bonds is 5. The highest BCUT2D eigenvalue weighted by Gasteiger charge is 2.30. The fraction of sp³-hybridized carbons (Fsp3) is 0.846. The molecule has 1 aliphatic rings. The standard InChI is InChI=1S/C13H24N2O4/c1-10(11(2)13(18)19)12(17)15-5-3-4-14(6-7-15)8-9-16/h10-11,16H,3-9H2,1-2H3,(H,18,19). The van der Waals surface area contributed by atoms with Gasteiger partial charge in [-0.15, -0.1) is 0 Å². The lowest BCUT2D eigenvalue weighted by atomic mass is 9.94. The maximum atomic E-state index is 12.3. The van der Waals surface area contributed by atoms with Crippen LogP contribution in [0.2, 0.25) is 0 Å². The summed E-state index contributed by atoms with van der Waals surface area (Å²) in [5.74, 6) is -2.18. The van der Waals surface area contributed by atoms with E-state index in [9.17, 15) is 9.59 Å². The number of hydrogen-bond donors (Lipinski definition) is 2. The van der Waals surface area contributed by atoms with Gasteiger partial charge in [0.05, 0.1) is 12.5 Å². The number of aliphatic carboxylic acids is 1. The second-order valence-corrected chi connectivity index (χ2v) is 5.16. The van der Waals surface area contributed by atoms with Gasteiger partial charge < -0.3 is 15.1 Å². The molecule has 0 bridgehead atoms. The molecule has 2 atom stereocenters. The van der Waals surface area contributed by atoms with E-state index in [4.69, 9.17) is 10.2 Å². The third-order valence-electron chi connectivity index (χ3n) is 3.85. The Morgan fingerprint density at radius 3 is 2.37 bits per heavy atom. The molecular formula is C13H24N2O4. The average molecular weight is 272 g/mol. The number of aliphatic hydroxyl groups excluding tert-OH is 1. The Kier molecular flexibility index (Phi) is 6.24. The second kappa shape index (κ2) is 7.45. The highest BCUT2D eigenvalue weighted by atomic mass is 16.4. The molecule has 2 unspecified atom stereocenters. The van der Waals surface area contributed by atoms with Crippen LogP contribution < -0.4 is 0 Å². The second-order valence-electron chi connectivity index (χ2n) is 5.16. The summed E-state index contributed by atoms with van der Waals surface area (Å²) in [5, 5.41) is 17.9. The van der Waals surface area contributed by atoms with Crippen LogP contribution in [0.5, 0.6) is 0 Å². The SMILES string of the molecule is CC(C(=O)O)C(C)C(=O)N1CCCN(CCO)CC1. The molecule has 0 saturated carbocycles. The Morgan fingerprint density at radius 2 is 1.79 bits per heavy atom. The monoisotopic (exact) mass is 272 g/mol. The number of amides is 1. The Morgan fingerprint density at radius 1 is 1.11 bits per heavy atom. The van der Waals surface area contributed by atoms with Crippen LogP contribution in [0, 0.1) is 11.8 Å². The van der Waals surface area contributed by atoms with Crippen LogP contribution in [0.4, 0.5) is 0 Å². The molecule has 0 aromatic heterocycles. The lowest BCUT2D eigenvalue weighted by Gasteiger charge is -2.26. The molecule has 2 N–H and O–H groups in total. The van der Waals surface area contributed by atoms with Crippen molar-refractivity contribution >= 4 is 11.9 Å². The minimum absolute atomic E-state index is 0.0826. The van der Waals surface area contributed by atoms with E-state index in [1.807, 2.05) is 0 Å². The number of carbonyl (C=O) groups excluding carboxylic acids is 1. The minimum Gasteiger partial charge on any atom is -0.481 e. The molecule has 0 spiro atoms. The van der Waals surface area contributed by atoms with Crippen LogP contribution in [0.1, 0.15) is 20.3 Å². The smallest absolute Gasteiger partial charge is 0.307 e. The Hall–Kier alpha value is -1.14. The number of aliphatic hydroxyl groups is 1. The number of β-amino-alcohol motifs (C(OH)–C–C–N with tert-alkyl or cyclic N) is 1. The number of hydrogen-bond acceptors (Lipinski definition) is 4. The van der Waals surface area contributed by atoms with E-state index < -0.39 is 17.8 Å². The van der Waals surface area contributed by atoms with Gasteiger partial charge in [0.2, 0.25) is 5.91 Å². The first-order chi connectivity index (χ1) is 8.97. The maximum absolute atomic E-state index is 12.3. The number of carboxylic acids is 1. The third kappa shape index (κ3) is 4.47. The molecule has 0 aliphatic carbocycles. The zero-order valence-electron chi connectivity index (χ0n) is 11.7. The molecule has 1 heterocycles. The average Bonchev–Trinajstić information content (AvgIpc) is 2.62.